The van der Waals surface area contributed by atoms with Gasteiger partial charge < -0.3 is 23.9 Å². The van der Waals surface area contributed by atoms with Crippen molar-refractivity contribution in [1.82, 2.24) is 24.5 Å². The lowest BCUT2D eigenvalue weighted by Gasteiger charge is -2.10. The third kappa shape index (κ3) is 4.45. The van der Waals surface area contributed by atoms with Gasteiger partial charge >= 0.3 is 6.18 Å². The van der Waals surface area contributed by atoms with Crippen LogP contribution < -0.4 is 4.74 Å². The van der Waals surface area contributed by atoms with Crippen molar-refractivity contribution in [3.63, 3.8) is 0 Å². The molecule has 3 heterocycles. The second kappa shape index (κ2) is 8.13. The summed E-state index contributed by atoms with van der Waals surface area (Å²) >= 11 is 6.24. The molecule has 0 spiro atoms. The Bertz CT molecular complexity index is 1230. The van der Waals surface area contributed by atoms with Gasteiger partial charge in [0.05, 0.1) is 17.8 Å². The summed E-state index contributed by atoms with van der Waals surface area (Å²) in [6.45, 7) is -0.550. The topological polar surface area (TPSA) is 119 Å². The van der Waals surface area contributed by atoms with Gasteiger partial charge in [-0.25, -0.2) is 9.97 Å². The van der Waals surface area contributed by atoms with E-state index in [1.54, 1.807) is 12.1 Å². The van der Waals surface area contributed by atoms with E-state index in [4.69, 9.17) is 26.0 Å². The fraction of sp³-hybridized carbons (Fsp3) is 0.222. The number of ether oxygens (including phenoxy) is 1. The van der Waals surface area contributed by atoms with E-state index in [1.807, 2.05) is 0 Å². The molecular formula is C18H13ClF3N5O4. The maximum Gasteiger partial charge on any atom is 0.434 e. The molecule has 2 N–H and O–H groups in total. The van der Waals surface area contributed by atoms with Crippen LogP contribution in [-0.2, 0) is 6.18 Å². The highest BCUT2D eigenvalue weighted by Crippen LogP contribution is 2.31. The number of nitrogens with zero attached hydrogens (tertiary/aromatic N) is 5. The minimum absolute atomic E-state index is 0.0188. The first-order valence-electron chi connectivity index (χ1n) is 8.72. The minimum atomic E-state index is -4.58. The molecule has 1 atom stereocenters. The summed E-state index contributed by atoms with van der Waals surface area (Å²) < 4.78 is 50.1. The van der Waals surface area contributed by atoms with Gasteiger partial charge in [0.25, 0.3) is 5.89 Å². The molecule has 0 aliphatic carbocycles. The number of rotatable bonds is 6. The van der Waals surface area contributed by atoms with E-state index in [0.717, 1.165) is 16.8 Å². The standard InChI is InChI=1S/C18H13ClF3N5O4/c19-12-3-10(30-8-9(29)7-28)1-2-11(12)16-25-17(31-26-16)13-5-27-6-14(18(20,21)22)23-4-15(27)24-13/h1-6,9,28-29H,7-8H2. The Balaban J connectivity index is 1.58. The fourth-order valence-electron chi connectivity index (χ4n) is 2.60. The monoisotopic (exact) mass is 455 g/mol. The maximum atomic E-state index is 12.8. The SMILES string of the molecule is OCC(O)COc1ccc(-c2noc(-c3cn4cc(C(F)(F)F)ncc4n3)n2)c(Cl)c1. The zero-order chi connectivity index (χ0) is 22.2. The number of imidazole rings is 1. The van der Waals surface area contributed by atoms with Crippen molar-refractivity contribution in [3.8, 4) is 28.7 Å². The molecule has 0 saturated carbocycles. The van der Waals surface area contributed by atoms with Crippen LogP contribution in [0.25, 0.3) is 28.6 Å². The molecule has 1 unspecified atom stereocenters. The van der Waals surface area contributed by atoms with Crippen LogP contribution in [0.1, 0.15) is 5.69 Å². The first-order chi connectivity index (χ1) is 14.7. The zero-order valence-electron chi connectivity index (χ0n) is 15.4. The number of hydrogen-bond donors (Lipinski definition) is 2. The van der Waals surface area contributed by atoms with Gasteiger partial charge in [0.1, 0.15) is 24.2 Å². The molecule has 0 aliphatic rings. The first-order valence-corrected chi connectivity index (χ1v) is 9.10. The molecule has 0 fully saturated rings. The second-order valence-corrected chi connectivity index (χ2v) is 6.78. The smallest absolute Gasteiger partial charge is 0.434 e. The molecule has 162 valence electrons. The third-order valence-electron chi connectivity index (χ3n) is 4.11. The van der Waals surface area contributed by atoms with Crippen LogP contribution in [0.15, 0.2) is 41.3 Å². The van der Waals surface area contributed by atoms with Crippen molar-refractivity contribution in [3.05, 3.63) is 47.5 Å². The van der Waals surface area contributed by atoms with Crippen LogP contribution in [0.3, 0.4) is 0 Å². The summed E-state index contributed by atoms with van der Waals surface area (Å²) in [5, 5.41) is 22.2. The Morgan fingerprint density at radius 1 is 1.23 bits per heavy atom. The van der Waals surface area contributed by atoms with Gasteiger partial charge in [-0.1, -0.05) is 16.8 Å². The number of aliphatic hydroxyl groups is 2. The van der Waals surface area contributed by atoms with Gasteiger partial charge in [0.15, 0.2) is 11.3 Å². The van der Waals surface area contributed by atoms with E-state index >= 15 is 0 Å². The third-order valence-corrected chi connectivity index (χ3v) is 4.42. The lowest BCUT2D eigenvalue weighted by Crippen LogP contribution is -2.21. The first kappa shape index (κ1) is 21.0. The summed E-state index contributed by atoms with van der Waals surface area (Å²) in [5.74, 6) is 0.473. The van der Waals surface area contributed by atoms with Crippen molar-refractivity contribution in [2.24, 2.45) is 0 Å². The van der Waals surface area contributed by atoms with Gasteiger partial charge in [-0.15, -0.1) is 0 Å². The predicted molar refractivity (Wildman–Crippen MR) is 100 cm³/mol. The molecular weight excluding hydrogens is 443 g/mol. The lowest BCUT2D eigenvalue weighted by molar-refractivity contribution is -0.141. The zero-order valence-corrected chi connectivity index (χ0v) is 16.2. The van der Waals surface area contributed by atoms with Crippen LogP contribution >= 0.6 is 11.6 Å². The highest BCUT2D eigenvalue weighted by molar-refractivity contribution is 6.33. The molecule has 9 nitrogen and oxygen atoms in total. The summed E-state index contributed by atoms with van der Waals surface area (Å²) in [6.07, 6.45) is -2.49. The van der Waals surface area contributed by atoms with Crippen molar-refractivity contribution < 1.29 is 32.6 Å². The largest absolute Gasteiger partial charge is 0.491 e. The number of alkyl halides is 3. The fourth-order valence-corrected chi connectivity index (χ4v) is 2.85. The average Bonchev–Trinajstić information content (AvgIpc) is 3.37. The van der Waals surface area contributed by atoms with Crippen LogP contribution in [0.4, 0.5) is 13.2 Å². The van der Waals surface area contributed by atoms with Gasteiger partial charge in [-0.05, 0) is 18.2 Å². The van der Waals surface area contributed by atoms with Gasteiger partial charge in [-0.3, -0.25) is 0 Å². The van der Waals surface area contributed by atoms with Gasteiger partial charge in [0.2, 0.25) is 5.82 Å². The van der Waals surface area contributed by atoms with Crippen LogP contribution in [0.5, 0.6) is 5.75 Å². The van der Waals surface area contributed by atoms with E-state index < -0.39 is 24.6 Å². The molecule has 0 bridgehead atoms. The molecule has 4 aromatic rings. The van der Waals surface area contributed by atoms with Crippen LogP contribution in [0, 0.1) is 0 Å². The molecule has 4 rings (SSSR count). The van der Waals surface area contributed by atoms with Crippen molar-refractivity contribution in [2.75, 3.05) is 13.2 Å². The van der Waals surface area contributed by atoms with E-state index in [2.05, 4.69) is 20.1 Å². The lowest BCUT2D eigenvalue weighted by atomic mass is 10.2. The number of fused-ring (bicyclic) bond motifs is 1. The summed E-state index contributed by atoms with van der Waals surface area (Å²) in [5.41, 5.74) is -0.312. The molecule has 0 saturated heterocycles. The second-order valence-electron chi connectivity index (χ2n) is 6.37. The summed E-state index contributed by atoms with van der Waals surface area (Å²) in [6, 6.07) is 4.61. The Morgan fingerprint density at radius 3 is 2.74 bits per heavy atom. The van der Waals surface area contributed by atoms with Crippen molar-refractivity contribution in [1.29, 1.82) is 0 Å². The molecule has 13 heteroatoms. The Hall–Kier alpha value is -3.22. The number of hydrogen-bond acceptors (Lipinski definition) is 8. The normalized spacial score (nSPS) is 13.0. The van der Waals surface area contributed by atoms with E-state index in [1.165, 1.54) is 12.3 Å². The van der Waals surface area contributed by atoms with Crippen LogP contribution in [-0.4, -0.2) is 54.0 Å². The number of halogens is 4. The van der Waals surface area contributed by atoms with Crippen LogP contribution in [0.2, 0.25) is 5.02 Å². The average molecular weight is 456 g/mol. The Labute approximate surface area is 176 Å². The highest BCUT2D eigenvalue weighted by atomic mass is 35.5. The van der Waals surface area contributed by atoms with Crippen molar-refractivity contribution >= 4 is 17.2 Å². The molecule has 0 aliphatic heterocycles. The van der Waals surface area contributed by atoms with Gasteiger partial charge in [0, 0.05) is 18.0 Å². The number of benzene rings is 1. The van der Waals surface area contributed by atoms with Crippen molar-refractivity contribution in [2.45, 2.75) is 12.3 Å². The quantitative estimate of drug-likeness (QED) is 0.455. The minimum Gasteiger partial charge on any atom is -0.491 e. The van der Waals surface area contributed by atoms with Gasteiger partial charge in [-0.2, -0.15) is 18.2 Å². The molecule has 0 amide bonds. The van der Waals surface area contributed by atoms with E-state index in [0.29, 0.717) is 11.3 Å². The molecule has 0 radical (unpaired) electrons. The molecule has 31 heavy (non-hydrogen) atoms. The highest BCUT2D eigenvalue weighted by Gasteiger charge is 2.33. The Kier molecular flexibility index (Phi) is 5.52. The van der Waals surface area contributed by atoms with E-state index in [-0.39, 0.29) is 34.7 Å². The van der Waals surface area contributed by atoms with E-state index in [9.17, 15) is 18.3 Å². The summed E-state index contributed by atoms with van der Waals surface area (Å²) in [7, 11) is 0. The molecule has 3 aromatic heterocycles. The Morgan fingerprint density at radius 2 is 2.03 bits per heavy atom. The number of aliphatic hydroxyl groups excluding tert-OH is 2. The number of aromatic nitrogens is 5. The maximum absolute atomic E-state index is 12.8. The predicted octanol–water partition coefficient (Wildman–Crippen LogP) is 2.85. The molecule has 1 aromatic carbocycles. The summed E-state index contributed by atoms with van der Waals surface area (Å²) in [4.78, 5) is 11.7.